The standard InChI is InChI=1S/C15H21N3S/c1-3-16-14(12-19-4-2)15-10-11-17-18(15)13-8-6-5-7-9-13/h5-11,14,16H,3-4,12H2,1-2H3. The predicted molar refractivity (Wildman–Crippen MR) is 83.0 cm³/mol. The lowest BCUT2D eigenvalue weighted by atomic mass is 10.2. The molecule has 1 aromatic heterocycles. The van der Waals surface area contributed by atoms with Crippen LogP contribution in [-0.2, 0) is 0 Å². The Morgan fingerprint density at radius 2 is 2.00 bits per heavy atom. The molecule has 0 amide bonds. The molecule has 0 spiro atoms. The number of aromatic nitrogens is 2. The van der Waals surface area contributed by atoms with Crippen LogP contribution in [0.15, 0.2) is 42.6 Å². The van der Waals surface area contributed by atoms with Crippen LogP contribution in [0.1, 0.15) is 25.6 Å². The second-order valence-corrected chi connectivity index (χ2v) is 5.59. The van der Waals surface area contributed by atoms with Crippen molar-refractivity contribution in [2.75, 3.05) is 18.1 Å². The molecule has 0 aliphatic rings. The van der Waals surface area contributed by atoms with Gasteiger partial charge in [0.2, 0.25) is 0 Å². The normalized spacial score (nSPS) is 12.5. The fraction of sp³-hybridized carbons (Fsp3) is 0.400. The summed E-state index contributed by atoms with van der Waals surface area (Å²) in [6, 6.07) is 12.8. The van der Waals surface area contributed by atoms with Crippen LogP contribution in [0.3, 0.4) is 0 Å². The lowest BCUT2D eigenvalue weighted by Gasteiger charge is -2.19. The van der Waals surface area contributed by atoms with E-state index in [4.69, 9.17) is 0 Å². The van der Waals surface area contributed by atoms with Gasteiger partial charge in [-0.1, -0.05) is 32.0 Å². The molecule has 2 rings (SSSR count). The van der Waals surface area contributed by atoms with Crippen molar-refractivity contribution in [1.29, 1.82) is 0 Å². The lowest BCUT2D eigenvalue weighted by molar-refractivity contribution is 0.571. The molecule has 1 aromatic carbocycles. The first-order valence-electron chi connectivity index (χ1n) is 6.77. The van der Waals surface area contributed by atoms with E-state index in [0.717, 1.165) is 23.7 Å². The van der Waals surface area contributed by atoms with Gasteiger partial charge in [-0.25, -0.2) is 4.68 Å². The van der Waals surface area contributed by atoms with Crippen LogP contribution in [0, 0.1) is 0 Å². The number of nitrogens with zero attached hydrogens (tertiary/aromatic N) is 2. The summed E-state index contributed by atoms with van der Waals surface area (Å²) in [4.78, 5) is 0. The Morgan fingerprint density at radius 1 is 1.21 bits per heavy atom. The SMILES string of the molecule is CCNC(CSCC)c1ccnn1-c1ccccc1. The maximum Gasteiger partial charge on any atom is 0.0649 e. The van der Waals surface area contributed by atoms with Crippen molar-refractivity contribution >= 4 is 11.8 Å². The summed E-state index contributed by atoms with van der Waals surface area (Å²) in [7, 11) is 0. The highest BCUT2D eigenvalue weighted by molar-refractivity contribution is 7.99. The minimum absolute atomic E-state index is 0.345. The highest BCUT2D eigenvalue weighted by Gasteiger charge is 2.15. The third kappa shape index (κ3) is 3.61. The van der Waals surface area contributed by atoms with Gasteiger partial charge in [0.15, 0.2) is 0 Å². The van der Waals surface area contributed by atoms with E-state index in [2.05, 4.69) is 42.5 Å². The van der Waals surface area contributed by atoms with Crippen LogP contribution in [0.2, 0.25) is 0 Å². The predicted octanol–water partition coefficient (Wildman–Crippen LogP) is 3.28. The summed E-state index contributed by atoms with van der Waals surface area (Å²) in [5.74, 6) is 2.21. The summed E-state index contributed by atoms with van der Waals surface area (Å²) in [5, 5.41) is 8.01. The molecule has 19 heavy (non-hydrogen) atoms. The fourth-order valence-electron chi connectivity index (χ4n) is 2.09. The molecule has 1 N–H and O–H groups in total. The summed E-state index contributed by atoms with van der Waals surface area (Å²) in [5.41, 5.74) is 2.35. The minimum atomic E-state index is 0.345. The topological polar surface area (TPSA) is 29.9 Å². The molecular weight excluding hydrogens is 254 g/mol. The molecule has 1 atom stereocenters. The maximum atomic E-state index is 4.47. The Morgan fingerprint density at radius 3 is 2.68 bits per heavy atom. The van der Waals surface area contributed by atoms with E-state index in [-0.39, 0.29) is 0 Å². The summed E-state index contributed by atoms with van der Waals surface area (Å²) in [6.45, 7) is 5.31. The Bertz CT molecular complexity index is 481. The average molecular weight is 275 g/mol. The van der Waals surface area contributed by atoms with Crippen molar-refractivity contribution < 1.29 is 0 Å². The number of hydrogen-bond donors (Lipinski definition) is 1. The Labute approximate surface area is 119 Å². The van der Waals surface area contributed by atoms with Crippen molar-refractivity contribution in [2.45, 2.75) is 19.9 Å². The zero-order valence-electron chi connectivity index (χ0n) is 11.5. The van der Waals surface area contributed by atoms with E-state index in [1.807, 2.05) is 40.8 Å². The van der Waals surface area contributed by atoms with Gasteiger partial charge in [0.05, 0.1) is 17.4 Å². The van der Waals surface area contributed by atoms with Gasteiger partial charge < -0.3 is 5.32 Å². The van der Waals surface area contributed by atoms with Crippen LogP contribution in [0.5, 0.6) is 0 Å². The molecule has 0 bridgehead atoms. The molecule has 0 aliphatic carbocycles. The molecule has 1 heterocycles. The van der Waals surface area contributed by atoms with Gasteiger partial charge in [0.25, 0.3) is 0 Å². The second-order valence-electron chi connectivity index (χ2n) is 4.27. The van der Waals surface area contributed by atoms with E-state index in [9.17, 15) is 0 Å². The van der Waals surface area contributed by atoms with Crippen LogP contribution >= 0.6 is 11.8 Å². The summed E-state index contributed by atoms with van der Waals surface area (Å²) >= 11 is 1.95. The number of thioether (sulfide) groups is 1. The van der Waals surface area contributed by atoms with Gasteiger partial charge in [-0.2, -0.15) is 16.9 Å². The molecule has 4 heteroatoms. The van der Waals surface area contributed by atoms with Crippen molar-refractivity contribution in [1.82, 2.24) is 15.1 Å². The van der Waals surface area contributed by atoms with Gasteiger partial charge in [-0.15, -0.1) is 0 Å². The first-order valence-corrected chi connectivity index (χ1v) is 7.92. The number of hydrogen-bond acceptors (Lipinski definition) is 3. The van der Waals surface area contributed by atoms with Crippen LogP contribution in [0.25, 0.3) is 5.69 Å². The van der Waals surface area contributed by atoms with E-state index in [1.165, 1.54) is 5.69 Å². The molecule has 0 aliphatic heterocycles. The monoisotopic (exact) mass is 275 g/mol. The highest BCUT2D eigenvalue weighted by Crippen LogP contribution is 2.21. The van der Waals surface area contributed by atoms with E-state index < -0.39 is 0 Å². The molecule has 102 valence electrons. The first kappa shape index (κ1) is 14.2. The zero-order chi connectivity index (χ0) is 13.5. The maximum absolute atomic E-state index is 4.47. The third-order valence-electron chi connectivity index (χ3n) is 2.97. The highest BCUT2D eigenvalue weighted by atomic mass is 32.2. The van der Waals surface area contributed by atoms with Gasteiger partial charge in [-0.05, 0) is 30.5 Å². The lowest BCUT2D eigenvalue weighted by Crippen LogP contribution is -2.25. The van der Waals surface area contributed by atoms with Crippen LogP contribution < -0.4 is 5.32 Å². The molecule has 0 saturated heterocycles. The average Bonchev–Trinajstić information content (AvgIpc) is 2.93. The fourth-order valence-corrected chi connectivity index (χ4v) is 2.85. The molecule has 0 saturated carbocycles. The summed E-state index contributed by atoms with van der Waals surface area (Å²) < 4.78 is 2.03. The van der Waals surface area contributed by atoms with Crippen LogP contribution in [-0.4, -0.2) is 27.8 Å². The number of benzene rings is 1. The van der Waals surface area contributed by atoms with Crippen molar-refractivity contribution in [3.8, 4) is 5.69 Å². The van der Waals surface area contributed by atoms with Gasteiger partial charge in [-0.3, -0.25) is 0 Å². The Balaban J connectivity index is 2.26. The van der Waals surface area contributed by atoms with E-state index >= 15 is 0 Å². The van der Waals surface area contributed by atoms with Crippen molar-refractivity contribution in [2.24, 2.45) is 0 Å². The molecule has 3 nitrogen and oxygen atoms in total. The van der Waals surface area contributed by atoms with Gasteiger partial charge >= 0.3 is 0 Å². The summed E-state index contributed by atoms with van der Waals surface area (Å²) in [6.07, 6.45) is 1.88. The van der Waals surface area contributed by atoms with E-state index in [0.29, 0.717) is 6.04 Å². The van der Waals surface area contributed by atoms with Crippen molar-refractivity contribution in [3.05, 3.63) is 48.3 Å². The quantitative estimate of drug-likeness (QED) is 0.841. The largest absolute Gasteiger partial charge is 0.308 e. The molecule has 1 unspecified atom stereocenters. The minimum Gasteiger partial charge on any atom is -0.308 e. The smallest absolute Gasteiger partial charge is 0.0649 e. The van der Waals surface area contributed by atoms with Gasteiger partial charge in [0, 0.05) is 11.9 Å². The molecular formula is C15H21N3S. The van der Waals surface area contributed by atoms with Gasteiger partial charge in [0.1, 0.15) is 0 Å². The number of nitrogens with one attached hydrogen (secondary N) is 1. The van der Waals surface area contributed by atoms with E-state index in [1.54, 1.807) is 0 Å². The Hall–Kier alpha value is -1.26. The zero-order valence-corrected chi connectivity index (χ0v) is 12.4. The van der Waals surface area contributed by atoms with Crippen LogP contribution in [0.4, 0.5) is 0 Å². The number of para-hydroxylation sites is 1. The first-order chi connectivity index (χ1) is 9.36. The second kappa shape index (κ2) is 7.36. The third-order valence-corrected chi connectivity index (χ3v) is 3.95. The molecule has 0 radical (unpaired) electrons. The molecule has 2 aromatic rings. The Kier molecular flexibility index (Phi) is 5.48. The molecule has 0 fully saturated rings. The number of rotatable bonds is 7. The van der Waals surface area contributed by atoms with Crippen molar-refractivity contribution in [3.63, 3.8) is 0 Å².